The van der Waals surface area contributed by atoms with E-state index in [2.05, 4.69) is 19.9 Å². The highest BCUT2D eigenvalue weighted by Gasteiger charge is 2.40. The highest BCUT2D eigenvalue weighted by molar-refractivity contribution is 5.73. The number of carbonyl (C=O) groups is 1. The van der Waals surface area contributed by atoms with Crippen LogP contribution in [-0.4, -0.2) is 58.4 Å². The van der Waals surface area contributed by atoms with Crippen LogP contribution in [-0.2, 0) is 11.0 Å². The summed E-state index contributed by atoms with van der Waals surface area (Å²) in [6.07, 6.45) is -3.73. The maximum atomic E-state index is 12.9. The van der Waals surface area contributed by atoms with Gasteiger partial charge in [-0.2, -0.15) is 26.3 Å². The Labute approximate surface area is 178 Å². The summed E-state index contributed by atoms with van der Waals surface area (Å²) in [5.74, 6) is -1.72. The van der Waals surface area contributed by atoms with Crippen LogP contribution in [0.2, 0.25) is 0 Å². The molecule has 4 heterocycles. The fraction of sp³-hybridized carbons (Fsp3) is 0.474. The second-order valence-corrected chi connectivity index (χ2v) is 7.41. The van der Waals surface area contributed by atoms with Crippen molar-refractivity contribution in [1.82, 2.24) is 15.0 Å². The van der Waals surface area contributed by atoms with Gasteiger partial charge >= 0.3 is 18.3 Å². The molecule has 2 aliphatic rings. The number of carboxylic acid groups (broad SMARTS) is 1. The number of anilines is 2. The predicted octanol–water partition coefficient (Wildman–Crippen LogP) is 3.49. The molecule has 0 amide bonds. The maximum absolute atomic E-state index is 12.9. The fourth-order valence-corrected chi connectivity index (χ4v) is 3.77. The van der Waals surface area contributed by atoms with E-state index < -0.39 is 24.0 Å². The molecule has 2 aliphatic heterocycles. The number of piperidine rings is 1. The van der Waals surface area contributed by atoms with Gasteiger partial charge in [-0.1, -0.05) is 0 Å². The zero-order chi connectivity index (χ0) is 23.5. The molecule has 13 heteroatoms. The third-order valence-corrected chi connectivity index (χ3v) is 5.27. The first-order valence-electron chi connectivity index (χ1n) is 9.55. The number of hydrogen-bond donors (Lipinski definition) is 1. The second-order valence-electron chi connectivity index (χ2n) is 7.41. The van der Waals surface area contributed by atoms with E-state index in [9.17, 15) is 26.3 Å². The number of pyridine rings is 1. The highest BCUT2D eigenvalue weighted by Crippen LogP contribution is 2.35. The van der Waals surface area contributed by atoms with Gasteiger partial charge in [0.05, 0.1) is 11.9 Å². The van der Waals surface area contributed by atoms with Gasteiger partial charge in [-0.15, -0.1) is 0 Å². The summed E-state index contributed by atoms with van der Waals surface area (Å²) >= 11 is 0. The topological polar surface area (TPSA) is 82.5 Å². The monoisotopic (exact) mass is 463 g/mol. The number of aliphatic carboxylic acids is 1. The summed E-state index contributed by atoms with van der Waals surface area (Å²) in [7, 11) is 0. The molecule has 2 aromatic rings. The third-order valence-electron chi connectivity index (χ3n) is 5.27. The average molecular weight is 463 g/mol. The minimum Gasteiger partial charge on any atom is -0.475 e. The number of fused-ring (bicyclic) bond motifs is 1. The lowest BCUT2D eigenvalue weighted by molar-refractivity contribution is -0.192. The minimum atomic E-state index is -5.08. The first-order valence-corrected chi connectivity index (χ1v) is 9.55. The van der Waals surface area contributed by atoms with Crippen molar-refractivity contribution in [3.8, 4) is 0 Å². The van der Waals surface area contributed by atoms with Crippen LogP contribution in [0.4, 0.5) is 38.0 Å². The Hall–Kier alpha value is -3.12. The van der Waals surface area contributed by atoms with Gasteiger partial charge in [0.2, 0.25) is 5.95 Å². The average Bonchev–Trinajstić information content (AvgIpc) is 3.17. The van der Waals surface area contributed by atoms with Gasteiger partial charge in [0.25, 0.3) is 0 Å². The Morgan fingerprint density at radius 1 is 1.00 bits per heavy atom. The van der Waals surface area contributed by atoms with Crippen molar-refractivity contribution in [2.75, 3.05) is 36.0 Å². The van der Waals surface area contributed by atoms with Gasteiger partial charge in [-0.05, 0) is 36.5 Å². The Kier molecular flexibility index (Phi) is 6.74. The van der Waals surface area contributed by atoms with E-state index >= 15 is 0 Å². The normalized spacial score (nSPS) is 20.9. The quantitative estimate of drug-likeness (QED) is 0.683. The zero-order valence-electron chi connectivity index (χ0n) is 16.5. The lowest BCUT2D eigenvalue weighted by atomic mass is 9.88. The van der Waals surface area contributed by atoms with Crippen LogP contribution in [0.3, 0.4) is 0 Å². The molecule has 4 rings (SSSR count). The van der Waals surface area contributed by atoms with Crippen molar-refractivity contribution < 1.29 is 36.2 Å². The fourth-order valence-electron chi connectivity index (χ4n) is 3.77. The van der Waals surface area contributed by atoms with Crippen LogP contribution < -0.4 is 9.80 Å². The molecule has 2 atom stereocenters. The van der Waals surface area contributed by atoms with E-state index in [1.165, 1.54) is 6.20 Å². The first kappa shape index (κ1) is 23.5. The van der Waals surface area contributed by atoms with Crippen molar-refractivity contribution in [3.63, 3.8) is 0 Å². The van der Waals surface area contributed by atoms with E-state index in [-0.39, 0.29) is 5.95 Å². The lowest BCUT2D eigenvalue weighted by Crippen LogP contribution is -2.40. The smallest absolute Gasteiger partial charge is 0.475 e. The first-order chi connectivity index (χ1) is 14.9. The van der Waals surface area contributed by atoms with Crippen LogP contribution in [0, 0.1) is 11.8 Å². The molecule has 0 radical (unpaired) electrons. The molecule has 0 aliphatic carbocycles. The SMILES string of the molecule is FC(F)(F)c1ccnc(N2C[C@H]3CCN(c4cccnc4)C[C@H]3C2)n1.O=C(O)C(F)(F)F. The molecule has 174 valence electrons. The number of nitrogens with zero attached hydrogens (tertiary/aromatic N) is 5. The van der Waals surface area contributed by atoms with Crippen LogP contribution in [0.5, 0.6) is 0 Å². The Morgan fingerprint density at radius 3 is 2.25 bits per heavy atom. The summed E-state index contributed by atoms with van der Waals surface area (Å²) in [5, 5.41) is 7.12. The van der Waals surface area contributed by atoms with Gasteiger partial charge in [0.15, 0.2) is 0 Å². The number of halogens is 6. The summed E-state index contributed by atoms with van der Waals surface area (Å²) in [5.41, 5.74) is 0.207. The van der Waals surface area contributed by atoms with Gasteiger partial charge in [-0.25, -0.2) is 14.8 Å². The molecule has 1 N–H and O–H groups in total. The van der Waals surface area contributed by atoms with E-state index in [4.69, 9.17) is 9.90 Å². The van der Waals surface area contributed by atoms with Crippen molar-refractivity contribution in [2.24, 2.45) is 11.8 Å². The lowest BCUT2D eigenvalue weighted by Gasteiger charge is -2.35. The van der Waals surface area contributed by atoms with Crippen LogP contribution in [0.1, 0.15) is 12.1 Å². The molecule has 0 bridgehead atoms. The molecular formula is C19H19F6N5O2. The van der Waals surface area contributed by atoms with E-state index in [1.54, 1.807) is 6.20 Å². The number of alkyl halides is 6. The van der Waals surface area contributed by atoms with Crippen LogP contribution in [0.25, 0.3) is 0 Å². The molecule has 2 saturated heterocycles. The standard InChI is InChI=1S/C17H18F3N5.C2HF3O2/c18-17(19,20)15-3-6-22-16(23-15)25-9-12-4-7-24(10-13(12)11-25)14-2-1-5-21-8-14;3-2(4,5)1(6)7/h1-3,5-6,8,12-13H,4,7,9-11H2;(H,6,7)/t12-,13+;/m1./s1. The molecule has 0 unspecified atom stereocenters. The summed E-state index contributed by atoms with van der Waals surface area (Å²) in [6, 6.07) is 4.87. The zero-order valence-corrected chi connectivity index (χ0v) is 16.5. The minimum absolute atomic E-state index is 0.178. The molecule has 32 heavy (non-hydrogen) atoms. The van der Waals surface area contributed by atoms with Gasteiger partial charge in [0.1, 0.15) is 5.69 Å². The number of aromatic nitrogens is 3. The van der Waals surface area contributed by atoms with Gasteiger partial charge in [-0.3, -0.25) is 4.98 Å². The molecule has 7 nitrogen and oxygen atoms in total. The van der Waals surface area contributed by atoms with Crippen LogP contribution in [0.15, 0.2) is 36.8 Å². The molecule has 0 saturated carbocycles. The molecular weight excluding hydrogens is 444 g/mol. The summed E-state index contributed by atoms with van der Waals surface area (Å²) in [6.45, 7) is 3.21. The van der Waals surface area contributed by atoms with E-state index in [0.29, 0.717) is 24.9 Å². The van der Waals surface area contributed by atoms with Crippen molar-refractivity contribution in [3.05, 3.63) is 42.5 Å². The Balaban J connectivity index is 0.000000360. The molecule has 0 aromatic carbocycles. The highest BCUT2D eigenvalue weighted by atomic mass is 19.4. The second kappa shape index (κ2) is 9.17. The maximum Gasteiger partial charge on any atom is 0.490 e. The van der Waals surface area contributed by atoms with E-state index in [1.807, 2.05) is 23.2 Å². The number of rotatable bonds is 2. The number of hydrogen-bond acceptors (Lipinski definition) is 6. The summed E-state index contributed by atoms with van der Waals surface area (Å²) < 4.78 is 70.3. The van der Waals surface area contributed by atoms with E-state index in [0.717, 1.165) is 31.3 Å². The largest absolute Gasteiger partial charge is 0.490 e. The van der Waals surface area contributed by atoms with Crippen molar-refractivity contribution in [2.45, 2.75) is 18.8 Å². The van der Waals surface area contributed by atoms with Crippen molar-refractivity contribution in [1.29, 1.82) is 0 Å². The summed E-state index contributed by atoms with van der Waals surface area (Å²) in [4.78, 5) is 25.0. The molecule has 2 aromatic heterocycles. The molecule has 0 spiro atoms. The predicted molar refractivity (Wildman–Crippen MR) is 101 cm³/mol. The van der Waals surface area contributed by atoms with Crippen LogP contribution >= 0.6 is 0 Å². The van der Waals surface area contributed by atoms with Crippen molar-refractivity contribution >= 4 is 17.6 Å². The Morgan fingerprint density at radius 2 is 1.66 bits per heavy atom. The van der Waals surface area contributed by atoms with Gasteiger partial charge in [0, 0.05) is 38.6 Å². The van der Waals surface area contributed by atoms with Gasteiger partial charge < -0.3 is 14.9 Å². The molecule has 2 fully saturated rings. The Bertz CT molecular complexity index is 924. The number of carboxylic acids is 1. The third kappa shape index (κ3) is 5.77.